The minimum atomic E-state index is -0.0288. The van der Waals surface area contributed by atoms with Crippen molar-refractivity contribution in [3.05, 3.63) is 29.8 Å². The highest BCUT2D eigenvalue weighted by Gasteiger charge is 2.18. The molecule has 1 aromatic rings. The zero-order valence-corrected chi connectivity index (χ0v) is 13.9. The molecule has 0 unspecified atom stereocenters. The second kappa shape index (κ2) is 8.26. The van der Waals surface area contributed by atoms with E-state index in [9.17, 15) is 9.59 Å². The van der Waals surface area contributed by atoms with Gasteiger partial charge in [-0.3, -0.25) is 9.59 Å². The first kappa shape index (κ1) is 16.9. The summed E-state index contributed by atoms with van der Waals surface area (Å²) >= 11 is 0. The summed E-state index contributed by atoms with van der Waals surface area (Å²) in [5, 5.41) is 6.16. The number of carbonyl (C=O) groups excluding carboxylic acids is 2. The maximum Gasteiger partial charge on any atom is 0.226 e. The molecule has 2 heterocycles. The third kappa shape index (κ3) is 4.79. The first-order valence-electron chi connectivity index (χ1n) is 8.68. The van der Waals surface area contributed by atoms with E-state index < -0.39 is 0 Å². The van der Waals surface area contributed by atoms with Gasteiger partial charge in [0.15, 0.2) is 0 Å². The Kier molecular flexibility index (Phi) is 5.82. The van der Waals surface area contributed by atoms with Gasteiger partial charge in [0.25, 0.3) is 0 Å². The minimum Gasteiger partial charge on any atom is -0.378 e. The second-order valence-corrected chi connectivity index (χ2v) is 6.44. The zero-order valence-electron chi connectivity index (χ0n) is 13.9. The number of nitrogens with one attached hydrogen (secondary N) is 2. The Morgan fingerprint density at radius 1 is 1.21 bits per heavy atom. The lowest BCUT2D eigenvalue weighted by Gasteiger charge is -2.23. The second-order valence-electron chi connectivity index (χ2n) is 6.44. The molecule has 1 aromatic carbocycles. The van der Waals surface area contributed by atoms with E-state index in [0.29, 0.717) is 26.1 Å². The molecule has 2 saturated heterocycles. The van der Waals surface area contributed by atoms with Crippen LogP contribution in [-0.2, 0) is 20.7 Å². The first-order valence-corrected chi connectivity index (χ1v) is 8.68. The third-order valence-electron chi connectivity index (χ3n) is 4.48. The predicted octanol–water partition coefficient (Wildman–Crippen LogP) is 1.17. The van der Waals surface area contributed by atoms with Crippen molar-refractivity contribution in [1.82, 2.24) is 10.2 Å². The molecule has 0 aromatic heterocycles. The molecule has 2 fully saturated rings. The Morgan fingerprint density at radius 2 is 1.96 bits per heavy atom. The van der Waals surface area contributed by atoms with Crippen LogP contribution < -0.4 is 10.6 Å². The number of amides is 2. The van der Waals surface area contributed by atoms with Gasteiger partial charge in [-0.1, -0.05) is 12.1 Å². The summed E-state index contributed by atoms with van der Waals surface area (Å²) < 4.78 is 5.35. The van der Waals surface area contributed by atoms with E-state index in [2.05, 4.69) is 10.6 Å². The molecule has 6 heteroatoms. The predicted molar refractivity (Wildman–Crippen MR) is 91.8 cm³/mol. The molecule has 2 aliphatic rings. The van der Waals surface area contributed by atoms with Gasteiger partial charge < -0.3 is 20.3 Å². The van der Waals surface area contributed by atoms with Crippen molar-refractivity contribution in [2.75, 3.05) is 38.2 Å². The molecule has 0 bridgehead atoms. The van der Waals surface area contributed by atoms with E-state index >= 15 is 0 Å². The summed E-state index contributed by atoms with van der Waals surface area (Å²) in [6.45, 7) is 3.83. The smallest absolute Gasteiger partial charge is 0.226 e. The van der Waals surface area contributed by atoms with Gasteiger partial charge in [-0.25, -0.2) is 0 Å². The molecule has 24 heavy (non-hydrogen) atoms. The fourth-order valence-corrected chi connectivity index (χ4v) is 3.15. The summed E-state index contributed by atoms with van der Waals surface area (Å²) in [7, 11) is 0. The van der Waals surface area contributed by atoms with Crippen LogP contribution in [0.4, 0.5) is 5.69 Å². The van der Waals surface area contributed by atoms with Gasteiger partial charge in [-0.05, 0) is 30.5 Å². The number of anilines is 1. The Bertz CT molecular complexity index is 561. The van der Waals surface area contributed by atoms with Gasteiger partial charge in [0.2, 0.25) is 11.8 Å². The summed E-state index contributed by atoms with van der Waals surface area (Å²) in [6.07, 6.45) is 3.04. The highest BCUT2D eigenvalue weighted by Crippen LogP contribution is 2.14. The molecule has 2 N–H and O–H groups in total. The third-order valence-corrected chi connectivity index (χ3v) is 4.48. The average molecular weight is 331 g/mol. The molecular weight excluding hydrogens is 306 g/mol. The number of benzene rings is 1. The van der Waals surface area contributed by atoms with Crippen LogP contribution in [0.1, 0.15) is 24.8 Å². The molecule has 0 saturated carbocycles. The van der Waals surface area contributed by atoms with Crippen molar-refractivity contribution in [3.8, 4) is 0 Å². The molecule has 0 radical (unpaired) electrons. The van der Waals surface area contributed by atoms with Crippen LogP contribution in [0.5, 0.6) is 0 Å². The molecule has 2 amide bonds. The molecular formula is C18H25N3O3. The molecule has 0 spiro atoms. The number of carbonyl (C=O) groups is 2. The quantitative estimate of drug-likeness (QED) is 0.850. The maximum atomic E-state index is 12.1. The lowest BCUT2D eigenvalue weighted by atomic mass is 10.1. The molecule has 1 atom stereocenters. The standard InChI is InChI=1S/C18H25N3O3/c22-17(12-16-13-24-10-7-19-16)20-15-5-3-14(4-6-15)11-18(23)21-8-1-2-9-21/h3-6,16,19H,1-2,7-13H2,(H,20,22)/t16-/m1/s1. The normalized spacial score (nSPS) is 20.8. The van der Waals surface area contributed by atoms with Crippen LogP contribution in [0.15, 0.2) is 24.3 Å². The van der Waals surface area contributed by atoms with Crippen molar-refractivity contribution in [2.24, 2.45) is 0 Å². The highest BCUT2D eigenvalue weighted by molar-refractivity contribution is 5.91. The first-order chi connectivity index (χ1) is 11.7. The van der Waals surface area contributed by atoms with Crippen molar-refractivity contribution in [1.29, 1.82) is 0 Å². The number of morpholine rings is 1. The van der Waals surface area contributed by atoms with E-state index in [-0.39, 0.29) is 17.9 Å². The van der Waals surface area contributed by atoms with Crippen LogP contribution in [0.3, 0.4) is 0 Å². The van der Waals surface area contributed by atoms with Gasteiger partial charge >= 0.3 is 0 Å². The van der Waals surface area contributed by atoms with Gasteiger partial charge in [-0.2, -0.15) is 0 Å². The van der Waals surface area contributed by atoms with Crippen molar-refractivity contribution >= 4 is 17.5 Å². The van der Waals surface area contributed by atoms with Crippen molar-refractivity contribution < 1.29 is 14.3 Å². The maximum absolute atomic E-state index is 12.1. The van der Waals surface area contributed by atoms with Gasteiger partial charge in [0, 0.05) is 37.8 Å². The Balaban J connectivity index is 1.46. The van der Waals surface area contributed by atoms with E-state index in [1.165, 1.54) is 0 Å². The number of rotatable bonds is 5. The minimum absolute atomic E-state index is 0.0288. The molecule has 2 aliphatic heterocycles. The monoisotopic (exact) mass is 331 g/mol. The average Bonchev–Trinajstić information content (AvgIpc) is 3.12. The fraction of sp³-hybridized carbons (Fsp3) is 0.556. The number of ether oxygens (including phenoxy) is 1. The van der Waals surface area contributed by atoms with Crippen LogP contribution >= 0.6 is 0 Å². The van der Waals surface area contributed by atoms with Crippen LogP contribution in [-0.4, -0.2) is 55.6 Å². The lowest BCUT2D eigenvalue weighted by Crippen LogP contribution is -2.43. The zero-order chi connectivity index (χ0) is 16.8. The van der Waals surface area contributed by atoms with E-state index in [4.69, 9.17) is 4.74 Å². The van der Waals surface area contributed by atoms with E-state index in [1.54, 1.807) is 0 Å². The SMILES string of the molecule is O=C(C[C@@H]1COCCN1)Nc1ccc(CC(=O)N2CCCC2)cc1. The topological polar surface area (TPSA) is 70.7 Å². The van der Waals surface area contributed by atoms with Gasteiger partial charge in [0.1, 0.15) is 0 Å². The Morgan fingerprint density at radius 3 is 2.62 bits per heavy atom. The Labute approximate surface area is 142 Å². The van der Waals surface area contributed by atoms with Crippen molar-refractivity contribution in [3.63, 3.8) is 0 Å². The van der Waals surface area contributed by atoms with Crippen LogP contribution in [0, 0.1) is 0 Å². The summed E-state index contributed by atoms with van der Waals surface area (Å²) in [4.78, 5) is 26.1. The van der Waals surface area contributed by atoms with E-state index in [1.807, 2.05) is 29.2 Å². The van der Waals surface area contributed by atoms with Gasteiger partial charge in [0.05, 0.1) is 19.6 Å². The molecule has 130 valence electrons. The van der Waals surface area contributed by atoms with Crippen LogP contribution in [0.2, 0.25) is 0 Å². The highest BCUT2D eigenvalue weighted by atomic mass is 16.5. The fourth-order valence-electron chi connectivity index (χ4n) is 3.15. The number of likely N-dealkylation sites (tertiary alicyclic amines) is 1. The lowest BCUT2D eigenvalue weighted by molar-refractivity contribution is -0.129. The van der Waals surface area contributed by atoms with E-state index in [0.717, 1.165) is 43.7 Å². The summed E-state index contributed by atoms with van der Waals surface area (Å²) in [5.74, 6) is 0.159. The van der Waals surface area contributed by atoms with Crippen molar-refractivity contribution in [2.45, 2.75) is 31.7 Å². The number of nitrogens with zero attached hydrogens (tertiary/aromatic N) is 1. The molecule has 6 nitrogen and oxygen atoms in total. The number of hydrogen-bond acceptors (Lipinski definition) is 4. The largest absolute Gasteiger partial charge is 0.378 e. The summed E-state index contributed by atoms with van der Waals surface area (Å²) in [6, 6.07) is 7.61. The molecule has 3 rings (SSSR count). The Hall–Kier alpha value is -1.92. The molecule has 0 aliphatic carbocycles. The number of hydrogen-bond donors (Lipinski definition) is 2. The van der Waals surface area contributed by atoms with Gasteiger partial charge in [-0.15, -0.1) is 0 Å². The summed E-state index contributed by atoms with van der Waals surface area (Å²) in [5.41, 5.74) is 1.74. The van der Waals surface area contributed by atoms with Crippen LogP contribution in [0.25, 0.3) is 0 Å².